The molecule has 0 heterocycles. The number of rotatable bonds is 8. The third-order valence-corrected chi connectivity index (χ3v) is 4.52. The first-order valence-corrected chi connectivity index (χ1v) is 8.79. The normalized spacial score (nSPS) is 11.9. The van der Waals surface area contributed by atoms with E-state index in [1.54, 1.807) is 7.11 Å². The molecule has 1 unspecified atom stereocenters. The minimum atomic E-state index is -0.0204. The number of hydrogen-bond donors (Lipinski definition) is 2. The first-order chi connectivity index (χ1) is 12.4. The summed E-state index contributed by atoms with van der Waals surface area (Å²) in [6.45, 7) is 4.89. The van der Waals surface area contributed by atoms with Crippen LogP contribution in [0.15, 0.2) is 42.5 Å². The van der Waals surface area contributed by atoms with E-state index in [4.69, 9.17) is 4.74 Å². The van der Waals surface area contributed by atoms with Gasteiger partial charge in [0.1, 0.15) is 5.75 Å². The van der Waals surface area contributed by atoms with E-state index in [0.717, 1.165) is 28.1 Å². The Labute approximate surface area is 156 Å². The summed E-state index contributed by atoms with van der Waals surface area (Å²) in [7, 11) is 5.67. The van der Waals surface area contributed by atoms with Crippen molar-refractivity contribution in [1.29, 1.82) is 0 Å². The fourth-order valence-electron chi connectivity index (χ4n) is 2.96. The van der Waals surface area contributed by atoms with Gasteiger partial charge in [0.2, 0.25) is 5.91 Å². The van der Waals surface area contributed by atoms with Crippen LogP contribution in [0.3, 0.4) is 0 Å². The maximum Gasteiger partial charge on any atom is 0.239 e. The molecule has 0 aliphatic carbocycles. The Balaban J connectivity index is 1.92. The zero-order valence-corrected chi connectivity index (χ0v) is 16.3. The van der Waals surface area contributed by atoms with Crippen molar-refractivity contribution in [3.8, 4) is 5.75 Å². The van der Waals surface area contributed by atoms with Crippen LogP contribution in [-0.4, -0.2) is 45.1 Å². The van der Waals surface area contributed by atoms with Gasteiger partial charge in [-0.15, -0.1) is 0 Å². The molecule has 2 N–H and O–H groups in total. The molecule has 1 atom stereocenters. The maximum absolute atomic E-state index is 12.3. The molecule has 0 saturated carbocycles. The second kappa shape index (κ2) is 9.25. The van der Waals surface area contributed by atoms with Gasteiger partial charge in [-0.05, 0) is 56.8 Å². The fourth-order valence-corrected chi connectivity index (χ4v) is 2.96. The third-order valence-electron chi connectivity index (χ3n) is 4.52. The second-order valence-electron chi connectivity index (χ2n) is 6.68. The summed E-state index contributed by atoms with van der Waals surface area (Å²) >= 11 is 0. The molecule has 0 fully saturated rings. The molecule has 0 aliphatic rings. The molecule has 0 radical (unpaired) electrons. The van der Waals surface area contributed by atoms with E-state index in [-0.39, 0.29) is 18.5 Å². The number of nitrogens with zero attached hydrogens (tertiary/aromatic N) is 1. The van der Waals surface area contributed by atoms with Crippen molar-refractivity contribution in [2.75, 3.05) is 39.6 Å². The van der Waals surface area contributed by atoms with Gasteiger partial charge in [0.05, 0.1) is 19.7 Å². The molecule has 26 heavy (non-hydrogen) atoms. The van der Waals surface area contributed by atoms with E-state index < -0.39 is 0 Å². The van der Waals surface area contributed by atoms with Gasteiger partial charge in [-0.3, -0.25) is 4.79 Å². The van der Waals surface area contributed by atoms with Crippen molar-refractivity contribution >= 4 is 11.6 Å². The number of anilines is 1. The average molecular weight is 355 g/mol. The lowest BCUT2D eigenvalue weighted by molar-refractivity contribution is -0.119. The summed E-state index contributed by atoms with van der Waals surface area (Å²) in [5, 5.41) is 6.27. The van der Waals surface area contributed by atoms with Crippen molar-refractivity contribution in [3.05, 3.63) is 59.2 Å². The van der Waals surface area contributed by atoms with Crippen LogP contribution >= 0.6 is 0 Å². The molecule has 0 bridgehead atoms. The number of carbonyl (C=O) groups excluding carboxylic acids is 1. The third kappa shape index (κ3) is 5.23. The minimum absolute atomic E-state index is 0.0204. The standard InChI is InChI=1S/C21H29N3O2/c1-15-7-6-8-16(2)21(15)23-14-20(25)22-13-19(24(3)4)17-9-11-18(26-5)12-10-17/h6-12,19,23H,13-14H2,1-5H3,(H,22,25). The van der Waals surface area contributed by atoms with Crippen LogP contribution in [-0.2, 0) is 4.79 Å². The first-order valence-electron chi connectivity index (χ1n) is 8.79. The molecular weight excluding hydrogens is 326 g/mol. The fraction of sp³-hybridized carbons (Fsp3) is 0.381. The van der Waals surface area contributed by atoms with Gasteiger partial charge in [0, 0.05) is 12.2 Å². The number of para-hydroxylation sites is 1. The summed E-state index contributed by atoms with van der Waals surface area (Å²) in [5.41, 5.74) is 4.45. The smallest absolute Gasteiger partial charge is 0.239 e. The summed E-state index contributed by atoms with van der Waals surface area (Å²) in [4.78, 5) is 14.4. The summed E-state index contributed by atoms with van der Waals surface area (Å²) in [6.07, 6.45) is 0. The number of likely N-dealkylation sites (N-methyl/N-ethyl adjacent to an activating group) is 1. The Kier molecular flexibility index (Phi) is 7.04. The van der Waals surface area contributed by atoms with Crippen LogP contribution in [0.5, 0.6) is 5.75 Å². The van der Waals surface area contributed by atoms with Gasteiger partial charge in [0.15, 0.2) is 0 Å². The lowest BCUT2D eigenvalue weighted by Crippen LogP contribution is -2.37. The van der Waals surface area contributed by atoms with E-state index >= 15 is 0 Å². The number of amides is 1. The Morgan fingerprint density at radius 3 is 2.23 bits per heavy atom. The molecule has 2 aromatic carbocycles. The zero-order chi connectivity index (χ0) is 19.1. The number of benzene rings is 2. The number of hydrogen-bond acceptors (Lipinski definition) is 4. The monoisotopic (exact) mass is 355 g/mol. The highest BCUT2D eigenvalue weighted by Crippen LogP contribution is 2.21. The van der Waals surface area contributed by atoms with Crippen LogP contribution in [0.4, 0.5) is 5.69 Å². The number of ether oxygens (including phenoxy) is 1. The highest BCUT2D eigenvalue weighted by Gasteiger charge is 2.15. The van der Waals surface area contributed by atoms with Crippen LogP contribution in [0, 0.1) is 13.8 Å². The minimum Gasteiger partial charge on any atom is -0.497 e. The van der Waals surface area contributed by atoms with E-state index in [9.17, 15) is 4.79 Å². The van der Waals surface area contributed by atoms with E-state index in [1.807, 2.05) is 70.4 Å². The second-order valence-corrected chi connectivity index (χ2v) is 6.68. The Morgan fingerprint density at radius 1 is 1.08 bits per heavy atom. The highest BCUT2D eigenvalue weighted by molar-refractivity contribution is 5.81. The lowest BCUT2D eigenvalue weighted by atomic mass is 10.1. The van der Waals surface area contributed by atoms with Crippen LogP contribution in [0.25, 0.3) is 0 Å². The van der Waals surface area contributed by atoms with Crippen molar-refractivity contribution in [1.82, 2.24) is 10.2 Å². The van der Waals surface area contributed by atoms with Crippen molar-refractivity contribution < 1.29 is 9.53 Å². The van der Waals surface area contributed by atoms with Gasteiger partial charge in [0.25, 0.3) is 0 Å². The summed E-state index contributed by atoms with van der Waals surface area (Å²) in [5.74, 6) is 0.807. The molecule has 2 aromatic rings. The molecule has 0 aromatic heterocycles. The molecule has 140 valence electrons. The van der Waals surface area contributed by atoms with Crippen LogP contribution in [0.2, 0.25) is 0 Å². The zero-order valence-electron chi connectivity index (χ0n) is 16.3. The number of carbonyl (C=O) groups is 1. The molecule has 0 saturated heterocycles. The van der Waals surface area contributed by atoms with Gasteiger partial charge in [-0.1, -0.05) is 30.3 Å². The molecule has 0 spiro atoms. The summed E-state index contributed by atoms with van der Waals surface area (Å²) < 4.78 is 5.21. The molecule has 5 heteroatoms. The topological polar surface area (TPSA) is 53.6 Å². The van der Waals surface area contributed by atoms with Gasteiger partial charge in [-0.25, -0.2) is 0 Å². The average Bonchev–Trinajstić information content (AvgIpc) is 2.61. The first kappa shape index (κ1) is 19.8. The van der Waals surface area contributed by atoms with Crippen molar-refractivity contribution in [2.24, 2.45) is 0 Å². The molecule has 2 rings (SSSR count). The Hall–Kier alpha value is -2.53. The van der Waals surface area contributed by atoms with Crippen LogP contribution in [0.1, 0.15) is 22.7 Å². The number of nitrogens with one attached hydrogen (secondary N) is 2. The molecular formula is C21H29N3O2. The van der Waals surface area contributed by atoms with Crippen LogP contribution < -0.4 is 15.4 Å². The molecule has 5 nitrogen and oxygen atoms in total. The number of aryl methyl sites for hydroxylation is 2. The molecule has 0 aliphatic heterocycles. The quantitative estimate of drug-likeness (QED) is 0.764. The Bertz CT molecular complexity index is 706. The van der Waals surface area contributed by atoms with E-state index in [1.165, 1.54) is 0 Å². The Morgan fingerprint density at radius 2 is 1.69 bits per heavy atom. The van der Waals surface area contributed by atoms with E-state index in [2.05, 4.69) is 15.5 Å². The SMILES string of the molecule is COc1ccc(C(CNC(=O)CNc2c(C)cccc2C)N(C)C)cc1. The van der Waals surface area contributed by atoms with E-state index in [0.29, 0.717) is 6.54 Å². The van der Waals surface area contributed by atoms with Gasteiger partial charge < -0.3 is 20.3 Å². The predicted octanol–water partition coefficient (Wildman–Crippen LogP) is 3.14. The summed E-state index contributed by atoms with van der Waals surface area (Å²) in [6, 6.07) is 14.1. The number of methoxy groups -OCH3 is 1. The predicted molar refractivity (Wildman–Crippen MR) is 107 cm³/mol. The van der Waals surface area contributed by atoms with Crippen molar-refractivity contribution in [3.63, 3.8) is 0 Å². The highest BCUT2D eigenvalue weighted by atomic mass is 16.5. The van der Waals surface area contributed by atoms with Gasteiger partial charge >= 0.3 is 0 Å². The maximum atomic E-state index is 12.3. The molecule has 1 amide bonds. The largest absolute Gasteiger partial charge is 0.497 e. The van der Waals surface area contributed by atoms with Gasteiger partial charge in [-0.2, -0.15) is 0 Å². The lowest BCUT2D eigenvalue weighted by Gasteiger charge is -2.25. The van der Waals surface area contributed by atoms with Crippen molar-refractivity contribution in [2.45, 2.75) is 19.9 Å².